The van der Waals surface area contributed by atoms with Gasteiger partial charge in [-0.1, -0.05) is 26.0 Å². The first-order valence-electron chi connectivity index (χ1n) is 8.65. The van der Waals surface area contributed by atoms with Crippen molar-refractivity contribution in [1.29, 1.82) is 0 Å². The summed E-state index contributed by atoms with van der Waals surface area (Å²) in [7, 11) is 0. The number of carbonyl (C=O) groups excluding carboxylic acids is 1. The van der Waals surface area contributed by atoms with Gasteiger partial charge in [0.2, 0.25) is 5.91 Å². The number of para-hydroxylation sites is 2. The number of H-pyrrole nitrogens is 1. The Morgan fingerprint density at radius 2 is 2.17 bits per heavy atom. The van der Waals surface area contributed by atoms with Crippen LogP contribution in [-0.2, 0) is 11.2 Å². The van der Waals surface area contributed by atoms with E-state index in [0.717, 1.165) is 42.9 Å². The molecule has 2 aromatic rings. The quantitative estimate of drug-likeness (QED) is 0.800. The number of amides is 1. The van der Waals surface area contributed by atoms with Crippen molar-refractivity contribution in [2.45, 2.75) is 45.6 Å². The average molecular weight is 327 g/mol. The summed E-state index contributed by atoms with van der Waals surface area (Å²) in [6.07, 6.45) is 4.97. The molecule has 24 heavy (non-hydrogen) atoms. The molecule has 1 atom stereocenters. The molecule has 0 saturated heterocycles. The third-order valence-corrected chi connectivity index (χ3v) is 4.56. The number of aromatic amines is 1. The topological polar surface area (TPSA) is 73.9 Å². The molecule has 0 bridgehead atoms. The van der Waals surface area contributed by atoms with Crippen LogP contribution in [-0.4, -0.2) is 33.9 Å². The molecule has 3 rings (SSSR count). The highest BCUT2D eigenvalue weighted by Crippen LogP contribution is 2.32. The number of rotatable bonds is 6. The molecule has 1 aliphatic heterocycles. The highest BCUT2D eigenvalue weighted by molar-refractivity contribution is 5.97. The van der Waals surface area contributed by atoms with E-state index >= 15 is 0 Å². The molecule has 1 aliphatic rings. The molecule has 6 heteroatoms. The van der Waals surface area contributed by atoms with Crippen molar-refractivity contribution < 1.29 is 4.79 Å². The Hall–Kier alpha value is -2.37. The van der Waals surface area contributed by atoms with Crippen LogP contribution >= 0.6 is 0 Å². The number of aryl methyl sites for hydroxylation is 1. The fourth-order valence-electron chi connectivity index (χ4n) is 3.05. The van der Waals surface area contributed by atoms with Gasteiger partial charge in [0.05, 0.1) is 23.3 Å². The second kappa shape index (κ2) is 7.47. The largest absolute Gasteiger partial charge is 0.379 e. The second-order valence-electron chi connectivity index (χ2n) is 6.68. The van der Waals surface area contributed by atoms with Gasteiger partial charge in [0.25, 0.3) is 0 Å². The van der Waals surface area contributed by atoms with Crippen molar-refractivity contribution in [3.05, 3.63) is 36.2 Å². The summed E-state index contributed by atoms with van der Waals surface area (Å²) in [6.45, 7) is 5.11. The molecule has 1 aromatic heterocycles. The van der Waals surface area contributed by atoms with Crippen LogP contribution in [0.1, 0.15) is 38.8 Å². The Morgan fingerprint density at radius 3 is 2.92 bits per heavy atom. The van der Waals surface area contributed by atoms with Gasteiger partial charge in [-0.15, -0.1) is 0 Å². The van der Waals surface area contributed by atoms with Crippen LogP contribution in [0.2, 0.25) is 0 Å². The number of hydrogen-bond donors (Lipinski definition) is 2. The van der Waals surface area contributed by atoms with Gasteiger partial charge in [0.1, 0.15) is 0 Å². The smallest absolute Gasteiger partial charge is 0.227 e. The maximum atomic E-state index is 12.8. The van der Waals surface area contributed by atoms with Crippen LogP contribution in [0.15, 0.2) is 30.5 Å². The lowest BCUT2D eigenvalue weighted by atomic mass is 9.99. The number of carbonyl (C=O) groups is 1. The second-order valence-corrected chi connectivity index (χ2v) is 6.68. The number of benzene rings is 1. The van der Waals surface area contributed by atoms with Gasteiger partial charge in [-0.25, -0.2) is 0 Å². The van der Waals surface area contributed by atoms with Crippen LogP contribution in [0.25, 0.3) is 0 Å². The van der Waals surface area contributed by atoms with E-state index in [-0.39, 0.29) is 5.91 Å². The van der Waals surface area contributed by atoms with Crippen molar-refractivity contribution >= 4 is 17.3 Å². The molecule has 128 valence electrons. The van der Waals surface area contributed by atoms with E-state index in [1.807, 2.05) is 23.1 Å². The maximum Gasteiger partial charge on any atom is 0.227 e. The van der Waals surface area contributed by atoms with Crippen LogP contribution in [0.3, 0.4) is 0 Å². The molecule has 2 heterocycles. The molecule has 0 unspecified atom stereocenters. The Bertz CT molecular complexity index is 668. The minimum absolute atomic E-state index is 0.203. The van der Waals surface area contributed by atoms with Crippen LogP contribution in [0.5, 0.6) is 0 Å². The van der Waals surface area contributed by atoms with Crippen molar-refractivity contribution in [2.75, 3.05) is 16.8 Å². The Labute approximate surface area is 142 Å². The molecule has 0 spiro atoms. The SMILES string of the molecule is CC(C)[C@@H]1CN(C(=O)CCCCc2cn[nH]n2)c2ccccc2N1. The molecule has 0 fully saturated rings. The number of unbranched alkanes of at least 4 members (excludes halogenated alkanes) is 1. The van der Waals surface area contributed by atoms with E-state index in [0.29, 0.717) is 18.4 Å². The number of nitrogens with zero attached hydrogens (tertiary/aromatic N) is 3. The first-order chi connectivity index (χ1) is 11.6. The van der Waals surface area contributed by atoms with E-state index in [1.165, 1.54) is 0 Å². The summed E-state index contributed by atoms with van der Waals surface area (Å²) in [6, 6.07) is 8.36. The monoisotopic (exact) mass is 327 g/mol. The molecule has 2 N–H and O–H groups in total. The highest BCUT2D eigenvalue weighted by atomic mass is 16.2. The summed E-state index contributed by atoms with van der Waals surface area (Å²) in [4.78, 5) is 14.7. The predicted molar refractivity (Wildman–Crippen MR) is 95.0 cm³/mol. The van der Waals surface area contributed by atoms with Crippen molar-refractivity contribution in [2.24, 2.45) is 5.92 Å². The van der Waals surface area contributed by atoms with Crippen LogP contribution < -0.4 is 10.2 Å². The molecule has 1 aromatic carbocycles. The minimum Gasteiger partial charge on any atom is -0.379 e. The van der Waals surface area contributed by atoms with Gasteiger partial charge in [-0.2, -0.15) is 15.4 Å². The van der Waals surface area contributed by atoms with E-state index < -0.39 is 0 Å². The number of nitrogens with one attached hydrogen (secondary N) is 2. The first-order valence-corrected chi connectivity index (χ1v) is 8.65. The summed E-state index contributed by atoms with van der Waals surface area (Å²) in [5.41, 5.74) is 3.00. The number of aromatic nitrogens is 3. The molecular weight excluding hydrogens is 302 g/mol. The lowest BCUT2D eigenvalue weighted by Gasteiger charge is -2.37. The Balaban J connectivity index is 1.60. The van der Waals surface area contributed by atoms with E-state index in [2.05, 4.69) is 40.6 Å². The van der Waals surface area contributed by atoms with E-state index in [9.17, 15) is 4.79 Å². The molecule has 0 saturated carbocycles. The van der Waals surface area contributed by atoms with E-state index in [4.69, 9.17) is 0 Å². The molecular formula is C18H25N5O. The highest BCUT2D eigenvalue weighted by Gasteiger charge is 2.28. The fraction of sp³-hybridized carbons (Fsp3) is 0.500. The molecule has 1 amide bonds. The average Bonchev–Trinajstić information content (AvgIpc) is 3.11. The third-order valence-electron chi connectivity index (χ3n) is 4.56. The van der Waals surface area contributed by atoms with Gasteiger partial charge >= 0.3 is 0 Å². The van der Waals surface area contributed by atoms with Crippen molar-refractivity contribution in [3.63, 3.8) is 0 Å². The Morgan fingerprint density at radius 1 is 1.33 bits per heavy atom. The summed E-state index contributed by atoms with van der Waals surface area (Å²) >= 11 is 0. The zero-order chi connectivity index (χ0) is 16.9. The van der Waals surface area contributed by atoms with Crippen LogP contribution in [0, 0.1) is 5.92 Å². The standard InChI is InChI=1S/C18H25N5O/c1-13(2)16-12-23(17-9-5-4-8-15(17)20-16)18(24)10-6-3-7-14-11-19-22-21-14/h4-5,8-9,11,13,16,20H,3,6-7,10,12H2,1-2H3,(H,19,21,22)/t16-/m0/s1. The summed E-state index contributed by atoms with van der Waals surface area (Å²) < 4.78 is 0. The Kier molecular flexibility index (Phi) is 5.13. The first kappa shape index (κ1) is 16.5. The van der Waals surface area contributed by atoms with Crippen molar-refractivity contribution in [1.82, 2.24) is 15.4 Å². The third kappa shape index (κ3) is 3.75. The number of anilines is 2. The summed E-state index contributed by atoms with van der Waals surface area (Å²) in [5.74, 6) is 0.676. The van der Waals surface area contributed by atoms with Crippen molar-refractivity contribution in [3.8, 4) is 0 Å². The zero-order valence-corrected chi connectivity index (χ0v) is 14.3. The summed E-state index contributed by atoms with van der Waals surface area (Å²) in [5, 5.41) is 14.0. The molecule has 0 aliphatic carbocycles. The predicted octanol–water partition coefficient (Wildman–Crippen LogP) is 3.00. The normalized spacial score (nSPS) is 16.8. The van der Waals surface area contributed by atoms with Gasteiger partial charge in [0.15, 0.2) is 0 Å². The molecule has 6 nitrogen and oxygen atoms in total. The number of fused-ring (bicyclic) bond motifs is 1. The van der Waals surface area contributed by atoms with Gasteiger partial charge < -0.3 is 10.2 Å². The lowest BCUT2D eigenvalue weighted by molar-refractivity contribution is -0.118. The maximum absolute atomic E-state index is 12.8. The van der Waals surface area contributed by atoms with Gasteiger partial charge in [0, 0.05) is 19.0 Å². The molecule has 0 radical (unpaired) electrons. The van der Waals surface area contributed by atoms with Crippen LogP contribution in [0.4, 0.5) is 11.4 Å². The lowest BCUT2D eigenvalue weighted by Crippen LogP contribution is -2.46. The van der Waals surface area contributed by atoms with Gasteiger partial charge in [-0.05, 0) is 37.3 Å². The zero-order valence-electron chi connectivity index (χ0n) is 14.3. The fourth-order valence-corrected chi connectivity index (χ4v) is 3.05. The van der Waals surface area contributed by atoms with Gasteiger partial charge in [-0.3, -0.25) is 4.79 Å². The number of hydrogen-bond acceptors (Lipinski definition) is 4. The minimum atomic E-state index is 0.203. The van der Waals surface area contributed by atoms with E-state index in [1.54, 1.807) is 6.20 Å².